The highest BCUT2D eigenvalue weighted by Gasteiger charge is 2.29. The van der Waals surface area contributed by atoms with Gasteiger partial charge in [-0.1, -0.05) is 12.1 Å². The van der Waals surface area contributed by atoms with Gasteiger partial charge in [-0.3, -0.25) is 9.78 Å². The maximum atomic E-state index is 13.4. The van der Waals surface area contributed by atoms with Crippen molar-refractivity contribution in [2.45, 2.75) is 26.5 Å². The molecule has 4 rings (SSSR count). The molecule has 2 heterocycles. The molecule has 7 nitrogen and oxygen atoms in total. The van der Waals surface area contributed by atoms with Crippen molar-refractivity contribution in [2.75, 3.05) is 13.7 Å². The van der Waals surface area contributed by atoms with Gasteiger partial charge in [0.2, 0.25) is 0 Å². The molecule has 0 atom stereocenters. The van der Waals surface area contributed by atoms with E-state index < -0.39 is 0 Å². The minimum atomic E-state index is -0.349. The molecule has 7 heteroatoms. The lowest BCUT2D eigenvalue weighted by Crippen LogP contribution is -2.36. The normalized spacial score (nSPS) is 12.9. The average Bonchev–Trinajstić information content (AvgIpc) is 2.80. The summed E-state index contributed by atoms with van der Waals surface area (Å²) < 4.78 is 11.2. The highest BCUT2D eigenvalue weighted by atomic mass is 16.5. The molecule has 160 valence electrons. The molecule has 1 aliphatic heterocycles. The zero-order valence-corrected chi connectivity index (χ0v) is 17.5. The first kappa shape index (κ1) is 20.5. The number of fused-ring (bicyclic) bond motifs is 1. The van der Waals surface area contributed by atoms with Crippen molar-refractivity contribution in [1.29, 1.82) is 0 Å². The van der Waals surface area contributed by atoms with Crippen LogP contribution < -0.4 is 9.47 Å². The molecule has 0 fully saturated rings. The number of hydrogen-bond acceptors (Lipinski definition) is 6. The zero-order valence-electron chi connectivity index (χ0n) is 17.5. The topological polar surface area (TPSA) is 92.1 Å². The number of phenolic OH excluding ortho intramolecular Hbond substituents is 2. The SMILES string of the molecule is COc1ccc2c(c1)CCN(C(=O)c1c(O)cc(O)c(C)c1OCc1ccccn1)C2. The van der Waals surface area contributed by atoms with Gasteiger partial charge in [-0.05, 0) is 48.7 Å². The summed E-state index contributed by atoms with van der Waals surface area (Å²) in [7, 11) is 1.63. The molecule has 2 aromatic carbocycles. The smallest absolute Gasteiger partial charge is 0.261 e. The summed E-state index contributed by atoms with van der Waals surface area (Å²) in [6.07, 6.45) is 2.33. The van der Waals surface area contributed by atoms with E-state index in [9.17, 15) is 15.0 Å². The Hall–Kier alpha value is -3.74. The molecule has 0 saturated heterocycles. The first-order valence-corrected chi connectivity index (χ1v) is 10.0. The third-order valence-corrected chi connectivity index (χ3v) is 5.50. The van der Waals surface area contributed by atoms with Gasteiger partial charge in [-0.2, -0.15) is 0 Å². The summed E-state index contributed by atoms with van der Waals surface area (Å²) in [5, 5.41) is 20.7. The van der Waals surface area contributed by atoms with E-state index in [4.69, 9.17) is 9.47 Å². The minimum Gasteiger partial charge on any atom is -0.507 e. The summed E-state index contributed by atoms with van der Waals surface area (Å²) in [5.74, 6) is 0.146. The van der Waals surface area contributed by atoms with Crippen LogP contribution in [-0.4, -0.2) is 39.7 Å². The molecule has 0 spiro atoms. The number of pyridine rings is 1. The van der Waals surface area contributed by atoms with Gasteiger partial charge >= 0.3 is 0 Å². The van der Waals surface area contributed by atoms with Crippen molar-refractivity contribution < 1.29 is 24.5 Å². The van der Waals surface area contributed by atoms with E-state index in [2.05, 4.69) is 4.98 Å². The molecule has 0 bridgehead atoms. The molecule has 1 amide bonds. The summed E-state index contributed by atoms with van der Waals surface area (Å²) >= 11 is 0. The largest absolute Gasteiger partial charge is 0.507 e. The lowest BCUT2D eigenvalue weighted by atomic mass is 9.98. The number of phenols is 2. The number of methoxy groups -OCH3 is 1. The van der Waals surface area contributed by atoms with Crippen molar-refractivity contribution in [3.05, 3.63) is 76.6 Å². The Kier molecular flexibility index (Phi) is 5.66. The van der Waals surface area contributed by atoms with E-state index in [1.165, 1.54) is 6.07 Å². The Morgan fingerprint density at radius 1 is 1.13 bits per heavy atom. The molecule has 1 aromatic heterocycles. The minimum absolute atomic E-state index is 0.0446. The van der Waals surface area contributed by atoms with E-state index in [0.29, 0.717) is 30.8 Å². The Balaban J connectivity index is 1.63. The van der Waals surface area contributed by atoms with Gasteiger partial charge in [0.1, 0.15) is 35.2 Å². The van der Waals surface area contributed by atoms with Gasteiger partial charge in [0.15, 0.2) is 0 Å². The molecule has 2 N–H and O–H groups in total. The maximum absolute atomic E-state index is 13.4. The second-order valence-corrected chi connectivity index (χ2v) is 7.47. The van der Waals surface area contributed by atoms with Gasteiger partial charge in [-0.15, -0.1) is 0 Å². The Labute approximate surface area is 180 Å². The van der Waals surface area contributed by atoms with Crippen LogP contribution in [0.4, 0.5) is 0 Å². The van der Waals surface area contributed by atoms with E-state index in [-0.39, 0.29) is 35.3 Å². The summed E-state index contributed by atoms with van der Waals surface area (Å²) in [5.41, 5.74) is 3.28. The van der Waals surface area contributed by atoms with Crippen LogP contribution in [0.3, 0.4) is 0 Å². The van der Waals surface area contributed by atoms with E-state index in [1.54, 1.807) is 37.3 Å². The molecule has 3 aromatic rings. The third-order valence-electron chi connectivity index (χ3n) is 5.50. The lowest BCUT2D eigenvalue weighted by Gasteiger charge is -2.30. The van der Waals surface area contributed by atoms with Gasteiger partial charge in [0.25, 0.3) is 5.91 Å². The van der Waals surface area contributed by atoms with Crippen LogP contribution in [0.25, 0.3) is 0 Å². The molecular weight excluding hydrogens is 396 g/mol. The standard InChI is InChI=1S/C24H24N2O5/c1-15-20(27)12-21(28)22(23(15)31-14-18-5-3-4-9-25-18)24(29)26-10-8-16-11-19(30-2)7-6-17(16)13-26/h3-7,9,11-12,27-28H,8,10,13-14H2,1-2H3. The fraction of sp³-hybridized carbons (Fsp3) is 0.250. The highest BCUT2D eigenvalue weighted by Crippen LogP contribution is 2.39. The predicted molar refractivity (Wildman–Crippen MR) is 115 cm³/mol. The van der Waals surface area contributed by atoms with E-state index in [1.807, 2.05) is 24.3 Å². The Morgan fingerprint density at radius 3 is 2.71 bits per heavy atom. The van der Waals surface area contributed by atoms with Crippen LogP contribution in [0.5, 0.6) is 23.0 Å². The molecule has 0 aliphatic carbocycles. The number of carbonyl (C=O) groups is 1. The monoisotopic (exact) mass is 420 g/mol. The lowest BCUT2D eigenvalue weighted by molar-refractivity contribution is 0.0726. The zero-order chi connectivity index (χ0) is 22.0. The quantitative estimate of drug-likeness (QED) is 0.655. The third kappa shape index (κ3) is 4.12. The second-order valence-electron chi connectivity index (χ2n) is 7.47. The number of amides is 1. The number of ether oxygens (including phenoxy) is 2. The first-order valence-electron chi connectivity index (χ1n) is 10.0. The van der Waals surface area contributed by atoms with Crippen molar-refractivity contribution in [3.63, 3.8) is 0 Å². The molecule has 0 saturated carbocycles. The first-order chi connectivity index (χ1) is 15.0. The number of hydrogen-bond donors (Lipinski definition) is 2. The van der Waals surface area contributed by atoms with Gasteiger partial charge in [0.05, 0.1) is 12.8 Å². The molecular formula is C24H24N2O5. The van der Waals surface area contributed by atoms with Crippen molar-refractivity contribution >= 4 is 5.91 Å². The molecule has 1 aliphatic rings. The van der Waals surface area contributed by atoms with E-state index in [0.717, 1.165) is 16.9 Å². The number of aromatic nitrogens is 1. The van der Waals surface area contributed by atoms with Crippen molar-refractivity contribution in [2.24, 2.45) is 0 Å². The van der Waals surface area contributed by atoms with Crippen molar-refractivity contribution in [3.8, 4) is 23.0 Å². The van der Waals surface area contributed by atoms with Crippen LogP contribution in [0.15, 0.2) is 48.7 Å². The molecule has 31 heavy (non-hydrogen) atoms. The van der Waals surface area contributed by atoms with Gasteiger partial charge < -0.3 is 24.6 Å². The number of nitrogens with zero attached hydrogens (tertiary/aromatic N) is 2. The Bertz CT molecular complexity index is 1110. The number of carbonyl (C=O) groups excluding carboxylic acids is 1. The van der Waals surface area contributed by atoms with Crippen LogP contribution in [0, 0.1) is 6.92 Å². The fourth-order valence-corrected chi connectivity index (χ4v) is 3.73. The Morgan fingerprint density at radius 2 is 1.97 bits per heavy atom. The van der Waals surface area contributed by atoms with Gasteiger partial charge in [-0.25, -0.2) is 0 Å². The summed E-state index contributed by atoms with van der Waals surface area (Å²) in [6, 6.07) is 12.4. The van der Waals surface area contributed by atoms with E-state index >= 15 is 0 Å². The predicted octanol–water partition coefficient (Wildman–Crippen LogP) is 3.59. The number of rotatable bonds is 5. The molecule has 0 radical (unpaired) electrons. The number of benzene rings is 2. The average molecular weight is 420 g/mol. The van der Waals surface area contributed by atoms with Crippen LogP contribution in [-0.2, 0) is 19.6 Å². The maximum Gasteiger partial charge on any atom is 0.261 e. The number of aromatic hydroxyl groups is 2. The molecule has 0 unspecified atom stereocenters. The van der Waals surface area contributed by atoms with Crippen LogP contribution in [0.1, 0.15) is 32.7 Å². The highest BCUT2D eigenvalue weighted by molar-refractivity contribution is 6.00. The summed E-state index contributed by atoms with van der Waals surface area (Å²) in [6.45, 7) is 2.67. The van der Waals surface area contributed by atoms with Crippen LogP contribution in [0.2, 0.25) is 0 Å². The summed E-state index contributed by atoms with van der Waals surface area (Å²) in [4.78, 5) is 19.3. The fourth-order valence-electron chi connectivity index (χ4n) is 3.73. The van der Waals surface area contributed by atoms with Gasteiger partial charge in [0, 0.05) is 30.9 Å². The van der Waals surface area contributed by atoms with Crippen molar-refractivity contribution in [1.82, 2.24) is 9.88 Å². The second kappa shape index (κ2) is 8.55. The van der Waals surface area contributed by atoms with Crippen LogP contribution >= 0.6 is 0 Å².